The van der Waals surface area contributed by atoms with Crippen LogP contribution in [-0.2, 0) is 0 Å². The van der Waals surface area contributed by atoms with E-state index in [0.717, 1.165) is 5.41 Å². The minimum Gasteiger partial charge on any atom is -0.315 e. The van der Waals surface area contributed by atoms with Gasteiger partial charge in [0.1, 0.15) is 0 Å². The third kappa shape index (κ3) is 3.36. The van der Waals surface area contributed by atoms with Gasteiger partial charge in [0.25, 0.3) is 0 Å². The fourth-order valence-electron chi connectivity index (χ4n) is 1.47. The summed E-state index contributed by atoms with van der Waals surface area (Å²) in [5.74, 6) is 2.52. The molecule has 0 aromatic rings. The first-order chi connectivity index (χ1) is 5.83. The maximum atomic E-state index is 3.55. The summed E-state index contributed by atoms with van der Waals surface area (Å²) in [7, 11) is 0. The van der Waals surface area contributed by atoms with Crippen molar-refractivity contribution < 1.29 is 0 Å². The monoisotopic (exact) mass is 187 g/mol. The Kier molecular flexibility index (Phi) is 4.44. The van der Waals surface area contributed by atoms with Gasteiger partial charge in [0.2, 0.25) is 0 Å². The van der Waals surface area contributed by atoms with Crippen LogP contribution in [0.25, 0.3) is 0 Å². The van der Waals surface area contributed by atoms with Crippen molar-refractivity contribution in [2.24, 2.45) is 5.41 Å². The van der Waals surface area contributed by atoms with Gasteiger partial charge in [-0.25, -0.2) is 0 Å². The lowest BCUT2D eigenvalue weighted by molar-refractivity contribution is 0.452. The Labute approximate surface area is 80.7 Å². The van der Waals surface area contributed by atoms with E-state index in [0.29, 0.717) is 0 Å². The van der Waals surface area contributed by atoms with E-state index >= 15 is 0 Å². The molecule has 1 nitrogen and oxygen atoms in total. The largest absolute Gasteiger partial charge is 0.315 e. The molecule has 0 amide bonds. The molecule has 1 rings (SSSR count). The average molecular weight is 187 g/mol. The third-order valence-electron chi connectivity index (χ3n) is 2.83. The van der Waals surface area contributed by atoms with Crippen molar-refractivity contribution >= 4 is 11.8 Å². The van der Waals surface area contributed by atoms with Crippen LogP contribution in [0.1, 0.15) is 33.1 Å². The highest BCUT2D eigenvalue weighted by atomic mass is 32.2. The van der Waals surface area contributed by atoms with E-state index in [1.165, 1.54) is 43.9 Å². The van der Waals surface area contributed by atoms with Crippen LogP contribution in [-0.4, -0.2) is 24.6 Å². The van der Waals surface area contributed by atoms with Crippen LogP contribution in [0.4, 0.5) is 0 Å². The normalized spacial score (nSPS) is 19.5. The standard InChI is InChI=1S/C10H21NS/c1-3-10(5-6-10)9-11-7-8-12-4-2/h11H,3-9H2,1-2H3. The molecule has 0 aromatic carbocycles. The van der Waals surface area contributed by atoms with Gasteiger partial charge in [0.05, 0.1) is 0 Å². The van der Waals surface area contributed by atoms with Gasteiger partial charge in [-0.1, -0.05) is 13.8 Å². The Morgan fingerprint density at radius 3 is 2.58 bits per heavy atom. The molecule has 0 heterocycles. The number of hydrogen-bond acceptors (Lipinski definition) is 2. The molecule has 0 saturated heterocycles. The molecule has 2 heteroatoms. The van der Waals surface area contributed by atoms with Gasteiger partial charge < -0.3 is 5.32 Å². The van der Waals surface area contributed by atoms with E-state index in [2.05, 4.69) is 19.2 Å². The molecular weight excluding hydrogens is 166 g/mol. The molecule has 0 aromatic heterocycles. The molecule has 1 aliphatic rings. The summed E-state index contributed by atoms with van der Waals surface area (Å²) < 4.78 is 0. The quantitative estimate of drug-likeness (QED) is 0.615. The molecule has 0 spiro atoms. The van der Waals surface area contributed by atoms with Crippen molar-refractivity contribution in [3.8, 4) is 0 Å². The van der Waals surface area contributed by atoms with Crippen molar-refractivity contribution in [2.45, 2.75) is 33.1 Å². The van der Waals surface area contributed by atoms with E-state index in [4.69, 9.17) is 0 Å². The van der Waals surface area contributed by atoms with Gasteiger partial charge in [-0.05, 0) is 30.4 Å². The molecule has 1 saturated carbocycles. The first kappa shape index (κ1) is 10.4. The molecule has 0 bridgehead atoms. The van der Waals surface area contributed by atoms with Gasteiger partial charge in [-0.15, -0.1) is 0 Å². The Balaban J connectivity index is 1.89. The fourth-order valence-corrected chi connectivity index (χ4v) is 2.05. The highest BCUT2D eigenvalue weighted by molar-refractivity contribution is 7.99. The lowest BCUT2D eigenvalue weighted by Gasteiger charge is -2.12. The average Bonchev–Trinajstić information content (AvgIpc) is 2.85. The minimum atomic E-state index is 0.719. The highest BCUT2D eigenvalue weighted by Gasteiger charge is 2.39. The summed E-state index contributed by atoms with van der Waals surface area (Å²) in [5.41, 5.74) is 0.719. The van der Waals surface area contributed by atoms with Crippen molar-refractivity contribution in [1.82, 2.24) is 5.32 Å². The molecule has 12 heavy (non-hydrogen) atoms. The van der Waals surface area contributed by atoms with Crippen molar-refractivity contribution in [2.75, 3.05) is 24.6 Å². The second kappa shape index (κ2) is 5.13. The van der Waals surface area contributed by atoms with Crippen LogP contribution in [0.15, 0.2) is 0 Å². The second-order valence-corrected chi connectivity index (χ2v) is 5.12. The Morgan fingerprint density at radius 2 is 2.08 bits per heavy atom. The predicted molar refractivity (Wildman–Crippen MR) is 57.8 cm³/mol. The van der Waals surface area contributed by atoms with Gasteiger partial charge in [-0.2, -0.15) is 11.8 Å². The van der Waals surface area contributed by atoms with Gasteiger partial charge in [-0.3, -0.25) is 0 Å². The summed E-state index contributed by atoms with van der Waals surface area (Å²) in [6.45, 7) is 6.99. The third-order valence-corrected chi connectivity index (χ3v) is 3.74. The maximum absolute atomic E-state index is 3.55. The molecule has 1 fully saturated rings. The summed E-state index contributed by atoms with van der Waals surface area (Å²) in [4.78, 5) is 0. The van der Waals surface area contributed by atoms with Crippen LogP contribution in [0.2, 0.25) is 0 Å². The number of hydrogen-bond donors (Lipinski definition) is 1. The zero-order valence-electron chi connectivity index (χ0n) is 8.36. The smallest absolute Gasteiger partial charge is 0.00580 e. The van der Waals surface area contributed by atoms with E-state index in [1.807, 2.05) is 11.8 Å². The van der Waals surface area contributed by atoms with E-state index in [1.54, 1.807) is 0 Å². The van der Waals surface area contributed by atoms with Crippen LogP contribution in [0.3, 0.4) is 0 Å². The molecule has 0 unspecified atom stereocenters. The molecular formula is C10H21NS. The van der Waals surface area contributed by atoms with Crippen molar-refractivity contribution in [3.63, 3.8) is 0 Å². The number of nitrogens with one attached hydrogen (secondary N) is 1. The first-order valence-corrected chi connectivity index (χ1v) is 6.27. The number of thioether (sulfide) groups is 1. The topological polar surface area (TPSA) is 12.0 Å². The Hall–Kier alpha value is 0.310. The first-order valence-electron chi connectivity index (χ1n) is 5.11. The number of rotatable bonds is 7. The molecule has 0 aliphatic heterocycles. The van der Waals surface area contributed by atoms with Crippen molar-refractivity contribution in [1.29, 1.82) is 0 Å². The second-order valence-electron chi connectivity index (χ2n) is 3.73. The van der Waals surface area contributed by atoms with E-state index in [9.17, 15) is 0 Å². The SMILES string of the molecule is CCSCCNCC1(CC)CC1. The molecule has 1 aliphatic carbocycles. The predicted octanol–water partition coefficient (Wildman–Crippen LogP) is 2.52. The Bertz CT molecular complexity index is 121. The van der Waals surface area contributed by atoms with Crippen LogP contribution < -0.4 is 5.32 Å². The van der Waals surface area contributed by atoms with Gasteiger partial charge >= 0.3 is 0 Å². The summed E-state index contributed by atoms with van der Waals surface area (Å²) in [6.07, 6.45) is 4.27. The lowest BCUT2D eigenvalue weighted by Crippen LogP contribution is -2.25. The van der Waals surface area contributed by atoms with Gasteiger partial charge in [0, 0.05) is 18.8 Å². The minimum absolute atomic E-state index is 0.719. The maximum Gasteiger partial charge on any atom is 0.00580 e. The van der Waals surface area contributed by atoms with E-state index < -0.39 is 0 Å². The Morgan fingerprint density at radius 1 is 1.33 bits per heavy atom. The zero-order chi connectivity index (χ0) is 8.86. The highest BCUT2D eigenvalue weighted by Crippen LogP contribution is 2.47. The van der Waals surface area contributed by atoms with Crippen LogP contribution >= 0.6 is 11.8 Å². The lowest BCUT2D eigenvalue weighted by atomic mass is 10.0. The summed E-state index contributed by atoms with van der Waals surface area (Å²) in [6, 6.07) is 0. The van der Waals surface area contributed by atoms with E-state index in [-0.39, 0.29) is 0 Å². The van der Waals surface area contributed by atoms with Crippen LogP contribution in [0, 0.1) is 5.41 Å². The zero-order valence-corrected chi connectivity index (χ0v) is 9.17. The summed E-state index contributed by atoms with van der Waals surface area (Å²) >= 11 is 2.02. The molecule has 1 N–H and O–H groups in total. The summed E-state index contributed by atoms with van der Waals surface area (Å²) in [5, 5.41) is 3.55. The van der Waals surface area contributed by atoms with Crippen LogP contribution in [0.5, 0.6) is 0 Å². The fraction of sp³-hybridized carbons (Fsp3) is 1.00. The molecule has 0 radical (unpaired) electrons. The van der Waals surface area contributed by atoms with Gasteiger partial charge in [0.15, 0.2) is 0 Å². The molecule has 72 valence electrons. The molecule has 0 atom stereocenters. The van der Waals surface area contributed by atoms with Crippen molar-refractivity contribution in [3.05, 3.63) is 0 Å².